The van der Waals surface area contributed by atoms with Crippen LogP contribution >= 0.6 is 0 Å². The molecule has 0 saturated heterocycles. The Morgan fingerprint density at radius 3 is 2.20 bits per heavy atom. The maximum absolute atomic E-state index is 12.7. The number of benzene rings is 2. The topological polar surface area (TPSA) is 190 Å². The molecule has 13 nitrogen and oxygen atoms in total. The molecule has 2 aromatic carbocycles. The zero-order chi connectivity index (χ0) is 29.3. The van der Waals surface area contributed by atoms with E-state index in [-0.39, 0.29) is 28.6 Å². The largest absolute Gasteiger partial charge is 0.497 e. The first-order valence-corrected chi connectivity index (χ1v) is 13.1. The van der Waals surface area contributed by atoms with Gasteiger partial charge in [0.05, 0.1) is 30.2 Å². The van der Waals surface area contributed by atoms with E-state index >= 15 is 0 Å². The molecule has 4 N–H and O–H groups in total. The summed E-state index contributed by atoms with van der Waals surface area (Å²) in [5, 5.41) is 13.5. The molecule has 0 bridgehead atoms. The van der Waals surface area contributed by atoms with Crippen LogP contribution in [0.25, 0.3) is 0 Å². The van der Waals surface area contributed by atoms with Gasteiger partial charge in [0.1, 0.15) is 23.7 Å². The average Bonchev–Trinajstić information content (AvgIpc) is 2.95. The fraction of sp³-hybridized carbons (Fsp3) is 0.192. The highest BCUT2D eigenvalue weighted by atomic mass is 32.2. The number of rotatable bonds is 12. The van der Waals surface area contributed by atoms with Crippen molar-refractivity contribution in [2.24, 2.45) is 0 Å². The number of hydrogen-bond acceptors (Lipinski definition) is 9. The van der Waals surface area contributed by atoms with E-state index in [1.807, 2.05) is 4.72 Å². The van der Waals surface area contributed by atoms with Crippen molar-refractivity contribution in [2.45, 2.75) is 11.3 Å². The van der Waals surface area contributed by atoms with Crippen LogP contribution in [0.2, 0.25) is 0 Å². The number of sulfonamides is 1. The molecule has 0 aliphatic heterocycles. The molecule has 3 aromatic rings. The first kappa shape index (κ1) is 29.6. The molecule has 40 heavy (non-hydrogen) atoms. The predicted molar refractivity (Wildman–Crippen MR) is 141 cm³/mol. The molecule has 0 spiro atoms. The summed E-state index contributed by atoms with van der Waals surface area (Å²) in [6.07, 6.45) is 1.40. The summed E-state index contributed by atoms with van der Waals surface area (Å²) in [6, 6.07) is 13.0. The molecule has 0 atom stereocenters. The molecule has 0 radical (unpaired) electrons. The van der Waals surface area contributed by atoms with E-state index in [1.165, 1.54) is 32.4 Å². The van der Waals surface area contributed by atoms with Crippen LogP contribution in [0.5, 0.6) is 11.5 Å². The maximum atomic E-state index is 12.7. The van der Waals surface area contributed by atoms with Gasteiger partial charge in [-0.25, -0.2) is 13.1 Å². The van der Waals surface area contributed by atoms with E-state index in [9.17, 15) is 27.6 Å². The second-order valence-electron chi connectivity index (χ2n) is 8.16. The minimum absolute atomic E-state index is 0.126. The van der Waals surface area contributed by atoms with Crippen LogP contribution in [0.3, 0.4) is 0 Å². The van der Waals surface area contributed by atoms with Gasteiger partial charge in [-0.2, -0.15) is 0 Å². The molecule has 0 aliphatic carbocycles. The number of hydrogen-bond donors (Lipinski definition) is 4. The second kappa shape index (κ2) is 13.2. The van der Waals surface area contributed by atoms with Gasteiger partial charge in [-0.3, -0.25) is 24.2 Å². The Kier molecular flexibility index (Phi) is 9.76. The lowest BCUT2D eigenvalue weighted by Crippen LogP contribution is -2.31. The van der Waals surface area contributed by atoms with Gasteiger partial charge in [0.2, 0.25) is 0 Å². The fourth-order valence-electron chi connectivity index (χ4n) is 3.39. The number of aromatic nitrogens is 1. The normalized spacial score (nSPS) is 10.8. The molecule has 1 aromatic heterocycles. The summed E-state index contributed by atoms with van der Waals surface area (Å²) >= 11 is 0. The number of pyridine rings is 1. The van der Waals surface area contributed by atoms with Crippen LogP contribution in [0.15, 0.2) is 65.7 Å². The molecule has 14 heteroatoms. The van der Waals surface area contributed by atoms with E-state index in [2.05, 4.69) is 15.6 Å². The van der Waals surface area contributed by atoms with Crippen LogP contribution < -0.4 is 24.8 Å². The van der Waals surface area contributed by atoms with Gasteiger partial charge < -0.3 is 25.2 Å². The first-order valence-electron chi connectivity index (χ1n) is 11.7. The number of carbonyl (C=O) groups excluding carboxylic acids is 3. The van der Waals surface area contributed by atoms with Gasteiger partial charge in [-0.1, -0.05) is 12.1 Å². The quantitative estimate of drug-likeness (QED) is 0.244. The summed E-state index contributed by atoms with van der Waals surface area (Å²) in [6.45, 7) is -0.341. The third kappa shape index (κ3) is 7.77. The molecule has 210 valence electrons. The van der Waals surface area contributed by atoms with E-state index < -0.39 is 34.4 Å². The molecular weight excluding hydrogens is 544 g/mol. The highest BCUT2D eigenvalue weighted by Crippen LogP contribution is 2.23. The monoisotopic (exact) mass is 570 g/mol. The minimum atomic E-state index is -4.22. The highest BCUT2D eigenvalue weighted by molar-refractivity contribution is 7.90. The third-order valence-corrected chi connectivity index (χ3v) is 6.82. The first-order chi connectivity index (χ1) is 19.0. The van der Waals surface area contributed by atoms with Crippen molar-refractivity contribution in [3.8, 4) is 11.5 Å². The van der Waals surface area contributed by atoms with E-state index in [4.69, 9.17) is 14.6 Å². The van der Waals surface area contributed by atoms with Crippen molar-refractivity contribution in [3.05, 3.63) is 83.2 Å². The zero-order valence-electron chi connectivity index (χ0n) is 21.5. The van der Waals surface area contributed by atoms with Crippen molar-refractivity contribution in [1.82, 2.24) is 20.3 Å². The molecule has 0 fully saturated rings. The number of amides is 3. The second-order valence-corrected chi connectivity index (χ2v) is 9.84. The Morgan fingerprint density at radius 1 is 0.875 bits per heavy atom. The Morgan fingerprint density at radius 2 is 1.60 bits per heavy atom. The van der Waals surface area contributed by atoms with Crippen molar-refractivity contribution in [2.75, 3.05) is 27.3 Å². The number of methoxy groups -OCH3 is 2. The standard InChI is InChI=1S/C26H26N4O9S/c1-38-18-6-10-22(39-2)20(13-18)25(34)27-12-11-16-3-7-19(8-4-16)40(36,37)30-24(33)17-5-9-21(28-14-17)26(35)29-15-23(31)32/h3-10,13-14H,11-12,15H2,1-2H3,(H,27,34)(H,29,35)(H,30,33)(H,31,32). The summed E-state index contributed by atoms with van der Waals surface area (Å²) in [4.78, 5) is 51.0. The van der Waals surface area contributed by atoms with Crippen molar-refractivity contribution < 1.29 is 42.2 Å². The number of carbonyl (C=O) groups is 4. The molecule has 0 unspecified atom stereocenters. The van der Waals surface area contributed by atoms with Crippen LogP contribution in [0, 0.1) is 0 Å². The lowest BCUT2D eigenvalue weighted by molar-refractivity contribution is -0.135. The van der Waals surface area contributed by atoms with Crippen molar-refractivity contribution in [3.63, 3.8) is 0 Å². The lowest BCUT2D eigenvalue weighted by Gasteiger charge is -2.11. The average molecular weight is 571 g/mol. The predicted octanol–water partition coefficient (Wildman–Crippen LogP) is 1.00. The van der Waals surface area contributed by atoms with Gasteiger partial charge in [0.25, 0.3) is 27.7 Å². The van der Waals surface area contributed by atoms with Crippen LogP contribution in [-0.4, -0.2) is 69.5 Å². The maximum Gasteiger partial charge on any atom is 0.322 e. The van der Waals surface area contributed by atoms with Crippen LogP contribution in [0.1, 0.15) is 36.8 Å². The summed E-state index contributed by atoms with van der Waals surface area (Å²) < 4.78 is 37.6. The lowest BCUT2D eigenvalue weighted by atomic mass is 10.1. The van der Waals surface area contributed by atoms with Crippen LogP contribution in [0.4, 0.5) is 0 Å². The van der Waals surface area contributed by atoms with Gasteiger partial charge >= 0.3 is 5.97 Å². The van der Waals surface area contributed by atoms with Crippen LogP contribution in [-0.2, 0) is 21.2 Å². The van der Waals surface area contributed by atoms with Gasteiger partial charge in [-0.15, -0.1) is 0 Å². The molecule has 0 saturated carbocycles. The minimum Gasteiger partial charge on any atom is -0.497 e. The SMILES string of the molecule is COc1ccc(OC)c(C(=O)NCCc2ccc(S(=O)(=O)NC(=O)c3ccc(C(=O)NCC(=O)O)nc3)cc2)c1. The van der Waals surface area contributed by atoms with Crippen molar-refractivity contribution >= 4 is 33.7 Å². The van der Waals surface area contributed by atoms with Crippen molar-refractivity contribution in [1.29, 1.82) is 0 Å². The number of nitrogens with one attached hydrogen (secondary N) is 3. The smallest absolute Gasteiger partial charge is 0.322 e. The number of aliphatic carboxylic acids is 1. The summed E-state index contributed by atoms with van der Waals surface area (Å²) in [5.41, 5.74) is 0.780. The zero-order valence-corrected chi connectivity index (χ0v) is 22.3. The molecular formula is C26H26N4O9S. The number of nitrogens with zero attached hydrogens (tertiary/aromatic N) is 1. The van der Waals surface area contributed by atoms with Gasteiger partial charge in [0.15, 0.2) is 0 Å². The van der Waals surface area contributed by atoms with E-state index in [1.54, 1.807) is 30.3 Å². The molecule has 3 amide bonds. The third-order valence-electron chi connectivity index (χ3n) is 5.47. The number of carboxylic acids is 1. The molecule has 1 heterocycles. The number of ether oxygens (including phenoxy) is 2. The Bertz CT molecular complexity index is 1510. The number of carboxylic acid groups (broad SMARTS) is 1. The Balaban J connectivity index is 1.56. The van der Waals surface area contributed by atoms with Gasteiger partial charge in [-0.05, 0) is 54.4 Å². The molecule has 0 aliphatic rings. The Labute approximate surface area is 229 Å². The highest BCUT2D eigenvalue weighted by Gasteiger charge is 2.20. The summed E-state index contributed by atoms with van der Waals surface area (Å²) in [5.74, 6) is -2.43. The van der Waals surface area contributed by atoms with E-state index in [0.717, 1.165) is 17.8 Å². The molecule has 3 rings (SSSR count). The Hall–Kier alpha value is -4.98. The van der Waals surface area contributed by atoms with E-state index in [0.29, 0.717) is 23.5 Å². The van der Waals surface area contributed by atoms with Gasteiger partial charge in [0, 0.05) is 12.7 Å². The fourth-order valence-corrected chi connectivity index (χ4v) is 4.37. The summed E-state index contributed by atoms with van der Waals surface area (Å²) in [7, 11) is -1.28.